The van der Waals surface area contributed by atoms with Gasteiger partial charge in [-0.1, -0.05) is 0 Å². The molecular weight excluding hydrogens is 248 g/mol. The Kier molecular flexibility index (Phi) is 4.53. The zero-order valence-electron chi connectivity index (χ0n) is 10.8. The van der Waals surface area contributed by atoms with E-state index < -0.39 is 0 Å². The molecule has 1 saturated heterocycles. The van der Waals surface area contributed by atoms with Gasteiger partial charge in [0.1, 0.15) is 0 Å². The van der Waals surface area contributed by atoms with Gasteiger partial charge < -0.3 is 14.5 Å². The molecule has 6 heteroatoms. The van der Waals surface area contributed by atoms with E-state index in [-0.39, 0.29) is 0 Å². The zero-order chi connectivity index (χ0) is 13.0. The highest BCUT2D eigenvalue weighted by atomic mass is 32.1. The molecule has 0 spiro atoms. The molecule has 0 unspecified atom stereocenters. The molecule has 1 aliphatic heterocycles. The van der Waals surface area contributed by atoms with E-state index in [4.69, 9.17) is 10.00 Å². The summed E-state index contributed by atoms with van der Waals surface area (Å²) >= 11 is 1.63. The summed E-state index contributed by atoms with van der Waals surface area (Å²) < 4.78 is 5.14. The van der Waals surface area contributed by atoms with Crippen molar-refractivity contribution in [1.82, 2.24) is 9.88 Å². The van der Waals surface area contributed by atoms with Crippen LogP contribution in [0.25, 0.3) is 0 Å². The minimum Gasteiger partial charge on any atom is -0.378 e. The van der Waals surface area contributed by atoms with Crippen molar-refractivity contribution in [2.24, 2.45) is 0 Å². The SMILES string of the molecule is COCc1nc(N2CCN(C)CC2)sc1CC#N. The average molecular weight is 266 g/mol. The third-order valence-corrected chi connectivity index (χ3v) is 4.22. The van der Waals surface area contributed by atoms with Crippen molar-refractivity contribution in [3.8, 4) is 6.07 Å². The second kappa shape index (κ2) is 6.14. The van der Waals surface area contributed by atoms with E-state index in [9.17, 15) is 0 Å². The van der Waals surface area contributed by atoms with Gasteiger partial charge in [-0.25, -0.2) is 4.98 Å². The molecule has 0 aromatic carbocycles. The lowest BCUT2D eigenvalue weighted by atomic mass is 10.3. The number of ether oxygens (including phenoxy) is 1. The first-order valence-electron chi connectivity index (χ1n) is 6.02. The van der Waals surface area contributed by atoms with Gasteiger partial charge in [0.2, 0.25) is 0 Å². The fraction of sp³-hybridized carbons (Fsp3) is 0.667. The Labute approximate surface area is 112 Å². The third-order valence-electron chi connectivity index (χ3n) is 3.06. The second-order valence-corrected chi connectivity index (χ2v) is 5.49. The maximum absolute atomic E-state index is 8.83. The Balaban J connectivity index is 2.13. The maximum Gasteiger partial charge on any atom is 0.185 e. The second-order valence-electron chi connectivity index (χ2n) is 4.42. The van der Waals surface area contributed by atoms with Gasteiger partial charge in [0.15, 0.2) is 5.13 Å². The number of anilines is 1. The van der Waals surface area contributed by atoms with Gasteiger partial charge >= 0.3 is 0 Å². The average Bonchev–Trinajstić information content (AvgIpc) is 2.75. The van der Waals surface area contributed by atoms with Gasteiger partial charge in [-0.3, -0.25) is 0 Å². The first kappa shape index (κ1) is 13.3. The number of thiazole rings is 1. The molecule has 18 heavy (non-hydrogen) atoms. The molecule has 1 aliphatic rings. The molecule has 2 heterocycles. The number of nitrogens with zero attached hydrogens (tertiary/aromatic N) is 4. The standard InChI is InChI=1S/C12H18N4OS/c1-15-5-7-16(8-6-15)12-14-10(9-17-2)11(18-12)3-4-13/h3,5-9H2,1-2H3. The number of nitriles is 1. The molecule has 1 aromatic rings. The fourth-order valence-electron chi connectivity index (χ4n) is 1.96. The number of hydrogen-bond acceptors (Lipinski definition) is 6. The number of aromatic nitrogens is 1. The van der Waals surface area contributed by atoms with Crippen molar-refractivity contribution >= 4 is 16.5 Å². The van der Waals surface area contributed by atoms with E-state index in [1.807, 2.05) is 0 Å². The summed E-state index contributed by atoms with van der Waals surface area (Å²) in [5, 5.41) is 9.86. The summed E-state index contributed by atoms with van der Waals surface area (Å²) in [7, 11) is 3.79. The molecule has 0 amide bonds. The Bertz CT molecular complexity index is 432. The minimum absolute atomic E-state index is 0.421. The van der Waals surface area contributed by atoms with Crippen LogP contribution in [0.5, 0.6) is 0 Å². The first-order valence-corrected chi connectivity index (χ1v) is 6.84. The lowest BCUT2D eigenvalue weighted by molar-refractivity contribution is 0.181. The Hall–Kier alpha value is -1.16. The fourth-order valence-corrected chi connectivity index (χ4v) is 3.01. The molecule has 98 valence electrons. The Morgan fingerprint density at radius 1 is 1.39 bits per heavy atom. The molecule has 0 saturated carbocycles. The van der Waals surface area contributed by atoms with Crippen molar-refractivity contribution < 1.29 is 4.74 Å². The van der Waals surface area contributed by atoms with Crippen LogP contribution < -0.4 is 4.90 Å². The summed E-state index contributed by atoms with van der Waals surface area (Å²) in [6, 6.07) is 2.19. The van der Waals surface area contributed by atoms with Gasteiger partial charge in [0, 0.05) is 38.2 Å². The summed E-state index contributed by atoms with van der Waals surface area (Å²) in [5.41, 5.74) is 0.915. The van der Waals surface area contributed by atoms with Crippen molar-refractivity contribution in [3.63, 3.8) is 0 Å². The largest absolute Gasteiger partial charge is 0.378 e. The van der Waals surface area contributed by atoms with Crippen LogP contribution in [0, 0.1) is 11.3 Å². The van der Waals surface area contributed by atoms with Crippen LogP contribution in [0.1, 0.15) is 10.6 Å². The van der Waals surface area contributed by atoms with Crippen LogP contribution in [0.15, 0.2) is 0 Å². The van der Waals surface area contributed by atoms with Gasteiger partial charge in [-0.05, 0) is 7.05 Å². The Morgan fingerprint density at radius 3 is 2.72 bits per heavy atom. The van der Waals surface area contributed by atoms with Crippen LogP contribution in [-0.2, 0) is 17.8 Å². The molecule has 0 radical (unpaired) electrons. The third kappa shape index (κ3) is 2.99. The molecule has 1 fully saturated rings. The molecule has 0 atom stereocenters. The quantitative estimate of drug-likeness (QED) is 0.817. The summed E-state index contributed by atoms with van der Waals surface area (Å²) in [5.74, 6) is 0. The van der Waals surface area contributed by atoms with Crippen molar-refractivity contribution in [2.75, 3.05) is 45.2 Å². The lowest BCUT2D eigenvalue weighted by Gasteiger charge is -2.32. The van der Waals surface area contributed by atoms with E-state index in [1.165, 1.54) is 0 Å². The van der Waals surface area contributed by atoms with Gasteiger partial charge in [-0.2, -0.15) is 5.26 Å². The van der Waals surface area contributed by atoms with Gasteiger partial charge in [0.05, 0.1) is 24.8 Å². The molecule has 0 aliphatic carbocycles. The van der Waals surface area contributed by atoms with E-state index >= 15 is 0 Å². The van der Waals surface area contributed by atoms with Crippen molar-refractivity contribution in [2.45, 2.75) is 13.0 Å². The lowest BCUT2D eigenvalue weighted by Crippen LogP contribution is -2.44. The highest BCUT2D eigenvalue weighted by Crippen LogP contribution is 2.28. The first-order chi connectivity index (χ1) is 8.74. The summed E-state index contributed by atoms with van der Waals surface area (Å²) in [4.78, 5) is 10.3. The molecule has 0 bridgehead atoms. The number of rotatable bonds is 4. The topological polar surface area (TPSA) is 52.4 Å². The van der Waals surface area contributed by atoms with Gasteiger partial charge in [-0.15, -0.1) is 11.3 Å². The normalized spacial score (nSPS) is 16.8. The predicted molar refractivity (Wildman–Crippen MR) is 71.9 cm³/mol. The smallest absolute Gasteiger partial charge is 0.185 e. The van der Waals surface area contributed by atoms with Crippen LogP contribution in [0.2, 0.25) is 0 Å². The van der Waals surface area contributed by atoms with Crippen molar-refractivity contribution in [3.05, 3.63) is 10.6 Å². The predicted octanol–water partition coefficient (Wildman–Crippen LogP) is 1.11. The van der Waals surface area contributed by atoms with Crippen LogP contribution >= 0.6 is 11.3 Å². The van der Waals surface area contributed by atoms with Gasteiger partial charge in [0.25, 0.3) is 0 Å². The zero-order valence-corrected chi connectivity index (χ0v) is 11.7. The van der Waals surface area contributed by atoms with E-state index in [1.54, 1.807) is 18.4 Å². The van der Waals surface area contributed by atoms with Crippen LogP contribution in [0.3, 0.4) is 0 Å². The van der Waals surface area contributed by atoms with Crippen LogP contribution in [-0.4, -0.2) is 50.2 Å². The van der Waals surface area contributed by atoms with Crippen LogP contribution in [0.4, 0.5) is 5.13 Å². The Morgan fingerprint density at radius 2 is 2.11 bits per heavy atom. The molecule has 1 aromatic heterocycles. The van der Waals surface area contributed by atoms with E-state index in [0.717, 1.165) is 41.9 Å². The molecule has 5 nitrogen and oxygen atoms in total. The molecule has 2 rings (SSSR count). The minimum atomic E-state index is 0.421. The number of piperazine rings is 1. The molecular formula is C12H18N4OS. The number of methoxy groups -OCH3 is 1. The molecule has 0 N–H and O–H groups in total. The number of hydrogen-bond donors (Lipinski definition) is 0. The maximum atomic E-state index is 8.83. The highest BCUT2D eigenvalue weighted by molar-refractivity contribution is 7.15. The number of likely N-dealkylation sites (N-methyl/N-ethyl adjacent to an activating group) is 1. The van der Waals surface area contributed by atoms with Crippen molar-refractivity contribution in [1.29, 1.82) is 5.26 Å². The van der Waals surface area contributed by atoms with E-state index in [2.05, 4.69) is 27.9 Å². The summed E-state index contributed by atoms with van der Waals surface area (Å²) in [6.07, 6.45) is 0.421. The monoisotopic (exact) mass is 266 g/mol. The van der Waals surface area contributed by atoms with E-state index in [0.29, 0.717) is 13.0 Å². The highest BCUT2D eigenvalue weighted by Gasteiger charge is 2.19. The summed E-state index contributed by atoms with van der Waals surface area (Å²) in [6.45, 7) is 4.62.